The van der Waals surface area contributed by atoms with Crippen molar-refractivity contribution in [1.82, 2.24) is 9.55 Å². The van der Waals surface area contributed by atoms with Crippen LogP contribution in [-0.2, 0) is 0 Å². The molecule has 2 aromatic rings. The highest BCUT2D eigenvalue weighted by molar-refractivity contribution is 5.65. The molecule has 0 radical (unpaired) electrons. The summed E-state index contributed by atoms with van der Waals surface area (Å²) in [6, 6.07) is 5.01. The number of nitrogens with one attached hydrogen (secondary N) is 1. The molecule has 0 spiro atoms. The molecule has 0 saturated heterocycles. The van der Waals surface area contributed by atoms with Crippen LogP contribution in [0, 0.1) is 16.0 Å². The van der Waals surface area contributed by atoms with Crippen LogP contribution in [0.3, 0.4) is 0 Å². The van der Waals surface area contributed by atoms with Gasteiger partial charge in [0.2, 0.25) is 0 Å². The Morgan fingerprint density at radius 3 is 2.85 bits per heavy atom. The lowest BCUT2D eigenvalue weighted by Crippen LogP contribution is -2.07. The van der Waals surface area contributed by atoms with Crippen molar-refractivity contribution in [3.63, 3.8) is 0 Å². The molecule has 1 aromatic carbocycles. The minimum Gasteiger partial charge on any atom is -0.379 e. The van der Waals surface area contributed by atoms with Gasteiger partial charge in [0, 0.05) is 30.7 Å². The Bertz CT molecular complexity index is 579. The highest BCUT2D eigenvalue weighted by Gasteiger charge is 2.14. The monoisotopic (exact) mass is 274 g/mol. The number of hydrogen-bond donors (Lipinski definition) is 1. The smallest absolute Gasteiger partial charge is 0.292 e. The Morgan fingerprint density at radius 1 is 1.45 bits per heavy atom. The number of hydrogen-bond acceptors (Lipinski definition) is 4. The van der Waals surface area contributed by atoms with E-state index in [-0.39, 0.29) is 10.6 Å². The zero-order valence-electron chi connectivity index (χ0n) is 11.6. The number of rotatable bonds is 6. The standard InChI is InChI=1S/C14H18N4O2/c1-11(2)5-6-16-13-9-12(17-8-7-15-10-17)3-4-14(13)18(19)20/h3-4,7-11,16H,5-6H2,1-2H3. The Balaban J connectivity index is 2.25. The lowest BCUT2D eigenvalue weighted by atomic mass is 10.1. The highest BCUT2D eigenvalue weighted by atomic mass is 16.6. The van der Waals surface area contributed by atoms with E-state index in [2.05, 4.69) is 24.1 Å². The molecule has 1 N–H and O–H groups in total. The van der Waals surface area contributed by atoms with E-state index in [1.807, 2.05) is 4.57 Å². The number of anilines is 1. The molecule has 0 aliphatic heterocycles. The molecule has 6 heteroatoms. The quantitative estimate of drug-likeness (QED) is 0.648. The van der Waals surface area contributed by atoms with Crippen LogP contribution in [0.25, 0.3) is 5.69 Å². The number of nitrogens with zero attached hydrogens (tertiary/aromatic N) is 3. The summed E-state index contributed by atoms with van der Waals surface area (Å²) in [6.45, 7) is 4.96. The second kappa shape index (κ2) is 6.18. The van der Waals surface area contributed by atoms with Gasteiger partial charge in [-0.05, 0) is 24.5 Å². The SMILES string of the molecule is CC(C)CCNc1cc(-n2ccnc2)ccc1[N+](=O)[O-]. The first-order valence-corrected chi connectivity index (χ1v) is 6.58. The maximum atomic E-state index is 11.1. The van der Waals surface area contributed by atoms with Gasteiger partial charge in [0.15, 0.2) is 0 Å². The Hall–Kier alpha value is -2.37. The summed E-state index contributed by atoms with van der Waals surface area (Å²) >= 11 is 0. The fraction of sp³-hybridized carbons (Fsp3) is 0.357. The molecule has 0 fully saturated rings. The van der Waals surface area contributed by atoms with Gasteiger partial charge in [-0.3, -0.25) is 10.1 Å². The van der Waals surface area contributed by atoms with Crippen LogP contribution in [0.1, 0.15) is 20.3 Å². The van der Waals surface area contributed by atoms with Crippen LogP contribution in [0.2, 0.25) is 0 Å². The van der Waals surface area contributed by atoms with E-state index in [1.165, 1.54) is 6.07 Å². The normalized spacial score (nSPS) is 10.8. The van der Waals surface area contributed by atoms with Gasteiger partial charge in [-0.1, -0.05) is 13.8 Å². The largest absolute Gasteiger partial charge is 0.379 e. The molecule has 0 amide bonds. The first-order chi connectivity index (χ1) is 9.58. The first-order valence-electron chi connectivity index (χ1n) is 6.58. The molecule has 0 saturated carbocycles. The van der Waals surface area contributed by atoms with Gasteiger partial charge in [-0.25, -0.2) is 4.98 Å². The van der Waals surface area contributed by atoms with E-state index in [0.717, 1.165) is 12.1 Å². The summed E-state index contributed by atoms with van der Waals surface area (Å²) in [5.41, 5.74) is 1.49. The minimum atomic E-state index is -0.366. The maximum absolute atomic E-state index is 11.1. The van der Waals surface area contributed by atoms with Crippen molar-refractivity contribution in [3.8, 4) is 5.69 Å². The van der Waals surface area contributed by atoms with E-state index in [9.17, 15) is 10.1 Å². The highest BCUT2D eigenvalue weighted by Crippen LogP contribution is 2.27. The molecule has 0 aliphatic carbocycles. The molecule has 106 valence electrons. The summed E-state index contributed by atoms with van der Waals surface area (Å²) in [7, 11) is 0. The predicted octanol–water partition coefficient (Wildman–Crippen LogP) is 3.24. The predicted molar refractivity (Wildman–Crippen MR) is 78.2 cm³/mol. The molecule has 6 nitrogen and oxygen atoms in total. The fourth-order valence-corrected chi connectivity index (χ4v) is 1.89. The lowest BCUT2D eigenvalue weighted by Gasteiger charge is -2.10. The molecule has 1 heterocycles. The van der Waals surface area contributed by atoms with Crippen LogP contribution in [0.15, 0.2) is 36.9 Å². The lowest BCUT2D eigenvalue weighted by molar-refractivity contribution is -0.384. The molecule has 0 aliphatic rings. The van der Waals surface area contributed by atoms with Crippen molar-refractivity contribution in [2.75, 3.05) is 11.9 Å². The molecular weight excluding hydrogens is 256 g/mol. The molecule has 2 rings (SSSR count). The van der Waals surface area contributed by atoms with Crippen LogP contribution >= 0.6 is 0 Å². The number of nitro groups is 1. The van der Waals surface area contributed by atoms with Gasteiger partial charge in [-0.2, -0.15) is 0 Å². The molecular formula is C14H18N4O2. The van der Waals surface area contributed by atoms with Crippen molar-refractivity contribution in [3.05, 3.63) is 47.0 Å². The van der Waals surface area contributed by atoms with Crippen LogP contribution < -0.4 is 5.32 Å². The number of imidazole rings is 1. The van der Waals surface area contributed by atoms with E-state index in [1.54, 1.807) is 30.9 Å². The van der Waals surface area contributed by atoms with E-state index < -0.39 is 0 Å². The van der Waals surface area contributed by atoms with Crippen molar-refractivity contribution in [1.29, 1.82) is 0 Å². The van der Waals surface area contributed by atoms with Gasteiger partial charge >= 0.3 is 0 Å². The second-order valence-electron chi connectivity index (χ2n) is 5.04. The van der Waals surface area contributed by atoms with Crippen LogP contribution in [-0.4, -0.2) is 21.0 Å². The Morgan fingerprint density at radius 2 is 2.25 bits per heavy atom. The topological polar surface area (TPSA) is 73.0 Å². The zero-order chi connectivity index (χ0) is 14.5. The second-order valence-corrected chi connectivity index (χ2v) is 5.04. The summed E-state index contributed by atoms with van der Waals surface area (Å²) < 4.78 is 1.82. The Labute approximate surface area is 117 Å². The average molecular weight is 274 g/mol. The van der Waals surface area contributed by atoms with Gasteiger partial charge in [0.25, 0.3) is 5.69 Å². The average Bonchev–Trinajstić information content (AvgIpc) is 2.91. The van der Waals surface area contributed by atoms with Crippen molar-refractivity contribution < 1.29 is 4.92 Å². The summed E-state index contributed by atoms with van der Waals surface area (Å²) in [5, 5.41) is 14.2. The zero-order valence-corrected chi connectivity index (χ0v) is 11.6. The first kappa shape index (κ1) is 14.0. The maximum Gasteiger partial charge on any atom is 0.292 e. The Kier molecular flexibility index (Phi) is 4.34. The molecule has 0 unspecified atom stereocenters. The third-order valence-corrected chi connectivity index (χ3v) is 3.02. The molecule has 1 aromatic heterocycles. The van der Waals surface area contributed by atoms with Gasteiger partial charge in [0.1, 0.15) is 5.69 Å². The third-order valence-electron chi connectivity index (χ3n) is 3.02. The van der Waals surface area contributed by atoms with Crippen LogP contribution in [0.4, 0.5) is 11.4 Å². The third kappa shape index (κ3) is 3.34. The summed E-state index contributed by atoms with van der Waals surface area (Å²) in [6.07, 6.45) is 6.11. The summed E-state index contributed by atoms with van der Waals surface area (Å²) in [4.78, 5) is 14.7. The van der Waals surface area contributed by atoms with Crippen molar-refractivity contribution in [2.45, 2.75) is 20.3 Å². The van der Waals surface area contributed by atoms with E-state index >= 15 is 0 Å². The number of nitro benzene ring substituents is 1. The minimum absolute atomic E-state index is 0.0950. The van der Waals surface area contributed by atoms with Crippen LogP contribution in [0.5, 0.6) is 0 Å². The van der Waals surface area contributed by atoms with Gasteiger partial charge in [-0.15, -0.1) is 0 Å². The van der Waals surface area contributed by atoms with E-state index in [0.29, 0.717) is 18.2 Å². The van der Waals surface area contributed by atoms with Crippen molar-refractivity contribution in [2.24, 2.45) is 5.92 Å². The summed E-state index contributed by atoms with van der Waals surface area (Å²) in [5.74, 6) is 0.554. The van der Waals surface area contributed by atoms with E-state index in [4.69, 9.17) is 0 Å². The van der Waals surface area contributed by atoms with Gasteiger partial charge < -0.3 is 9.88 Å². The molecule has 0 bridgehead atoms. The number of aromatic nitrogens is 2. The molecule has 20 heavy (non-hydrogen) atoms. The molecule has 0 atom stereocenters. The van der Waals surface area contributed by atoms with Crippen molar-refractivity contribution >= 4 is 11.4 Å². The fourth-order valence-electron chi connectivity index (χ4n) is 1.89. The van der Waals surface area contributed by atoms with Gasteiger partial charge in [0.05, 0.1) is 11.3 Å². The number of benzene rings is 1.